The standard InChI is InChI=1S/C18H25NOS/c1-12-5-13(2)7-15(6-12)10-21-11-18(20)19-17-9-14-3-4-16(17)8-14/h5-7,14,16-17H,3-4,8-11H2,1-2H3,(H,19,20)/t14-,16-,17+/m0/s1. The molecule has 2 fully saturated rings. The van der Waals surface area contributed by atoms with Crippen LogP contribution >= 0.6 is 11.8 Å². The maximum atomic E-state index is 12.1. The average molecular weight is 303 g/mol. The average Bonchev–Trinajstić information content (AvgIpc) is 2.99. The minimum Gasteiger partial charge on any atom is -0.352 e. The van der Waals surface area contributed by atoms with E-state index in [1.165, 1.54) is 42.4 Å². The van der Waals surface area contributed by atoms with Crippen LogP contribution in [-0.2, 0) is 10.5 Å². The summed E-state index contributed by atoms with van der Waals surface area (Å²) in [5, 5.41) is 3.26. The summed E-state index contributed by atoms with van der Waals surface area (Å²) < 4.78 is 0. The van der Waals surface area contributed by atoms with Crippen LogP contribution in [0.15, 0.2) is 18.2 Å². The lowest BCUT2D eigenvalue weighted by Gasteiger charge is -2.22. The second kappa shape index (κ2) is 6.43. The molecule has 2 aliphatic rings. The summed E-state index contributed by atoms with van der Waals surface area (Å²) in [7, 11) is 0. The lowest BCUT2D eigenvalue weighted by molar-refractivity contribution is -0.119. The first-order valence-corrected chi connectivity index (χ1v) is 9.20. The molecule has 1 amide bonds. The predicted molar refractivity (Wildman–Crippen MR) is 89.5 cm³/mol. The van der Waals surface area contributed by atoms with Gasteiger partial charge in [0.2, 0.25) is 5.91 Å². The van der Waals surface area contributed by atoms with Crippen LogP contribution in [0.2, 0.25) is 0 Å². The van der Waals surface area contributed by atoms with Gasteiger partial charge in [-0.2, -0.15) is 0 Å². The fourth-order valence-corrected chi connectivity index (χ4v) is 4.86. The number of nitrogens with one attached hydrogen (secondary N) is 1. The Kier molecular flexibility index (Phi) is 4.58. The molecule has 2 saturated carbocycles. The lowest BCUT2D eigenvalue weighted by atomic mass is 9.95. The fourth-order valence-electron chi connectivity index (χ4n) is 4.08. The zero-order valence-electron chi connectivity index (χ0n) is 13.0. The molecule has 2 aliphatic carbocycles. The van der Waals surface area contributed by atoms with Crippen LogP contribution in [0.5, 0.6) is 0 Å². The Morgan fingerprint density at radius 1 is 1.19 bits per heavy atom. The molecule has 2 bridgehead atoms. The molecule has 0 saturated heterocycles. The van der Waals surface area contributed by atoms with Crippen LogP contribution in [0.4, 0.5) is 0 Å². The number of aryl methyl sites for hydroxylation is 2. The number of carbonyl (C=O) groups excluding carboxylic acids is 1. The Morgan fingerprint density at radius 3 is 2.57 bits per heavy atom. The first-order valence-electron chi connectivity index (χ1n) is 8.04. The summed E-state index contributed by atoms with van der Waals surface area (Å²) in [6.45, 7) is 4.26. The van der Waals surface area contributed by atoms with Crippen LogP contribution in [0.1, 0.15) is 42.4 Å². The minimum atomic E-state index is 0.224. The number of fused-ring (bicyclic) bond motifs is 2. The number of carbonyl (C=O) groups is 1. The predicted octanol–water partition coefficient (Wildman–Crippen LogP) is 3.84. The molecule has 1 N–H and O–H groups in total. The van der Waals surface area contributed by atoms with E-state index in [9.17, 15) is 4.79 Å². The summed E-state index contributed by atoms with van der Waals surface area (Å²) in [6.07, 6.45) is 5.28. The van der Waals surface area contributed by atoms with E-state index in [2.05, 4.69) is 37.4 Å². The quantitative estimate of drug-likeness (QED) is 0.895. The smallest absolute Gasteiger partial charge is 0.230 e. The largest absolute Gasteiger partial charge is 0.352 e. The van der Waals surface area contributed by atoms with Crippen LogP contribution in [0.25, 0.3) is 0 Å². The van der Waals surface area contributed by atoms with E-state index in [1.807, 2.05) is 0 Å². The van der Waals surface area contributed by atoms with E-state index >= 15 is 0 Å². The topological polar surface area (TPSA) is 29.1 Å². The molecule has 21 heavy (non-hydrogen) atoms. The third-order valence-electron chi connectivity index (χ3n) is 4.87. The molecule has 0 radical (unpaired) electrons. The molecule has 0 aromatic heterocycles. The first-order chi connectivity index (χ1) is 10.1. The van der Waals surface area contributed by atoms with Crippen molar-refractivity contribution in [3.8, 4) is 0 Å². The summed E-state index contributed by atoms with van der Waals surface area (Å²) in [6, 6.07) is 7.09. The molecule has 3 heteroatoms. The molecule has 1 aromatic rings. The maximum absolute atomic E-state index is 12.1. The van der Waals surface area contributed by atoms with Gasteiger partial charge >= 0.3 is 0 Å². The van der Waals surface area contributed by atoms with Crippen molar-refractivity contribution >= 4 is 17.7 Å². The van der Waals surface area contributed by atoms with Crippen molar-refractivity contribution in [3.05, 3.63) is 34.9 Å². The summed E-state index contributed by atoms with van der Waals surface area (Å²) in [5.41, 5.74) is 3.93. The normalized spacial score (nSPS) is 27.0. The van der Waals surface area contributed by atoms with E-state index in [-0.39, 0.29) is 5.91 Å². The van der Waals surface area contributed by atoms with Crippen molar-refractivity contribution in [2.75, 3.05) is 5.75 Å². The van der Waals surface area contributed by atoms with E-state index in [4.69, 9.17) is 0 Å². The molecular formula is C18H25NOS. The van der Waals surface area contributed by atoms with E-state index in [0.717, 1.165) is 17.6 Å². The first kappa shape index (κ1) is 15.0. The number of rotatable bonds is 5. The Labute approximate surface area is 132 Å². The van der Waals surface area contributed by atoms with Crippen molar-refractivity contribution in [2.24, 2.45) is 11.8 Å². The van der Waals surface area contributed by atoms with E-state index < -0.39 is 0 Å². The van der Waals surface area contributed by atoms with Crippen LogP contribution in [0.3, 0.4) is 0 Å². The van der Waals surface area contributed by atoms with Gasteiger partial charge in [0.15, 0.2) is 0 Å². The number of thioether (sulfide) groups is 1. The number of hydrogen-bond donors (Lipinski definition) is 1. The summed E-state index contributed by atoms with van der Waals surface area (Å²) in [5.74, 6) is 3.39. The molecule has 2 nitrogen and oxygen atoms in total. The zero-order valence-corrected chi connectivity index (χ0v) is 13.8. The van der Waals surface area contributed by atoms with Crippen molar-refractivity contribution < 1.29 is 4.79 Å². The van der Waals surface area contributed by atoms with Gasteiger partial charge in [-0.15, -0.1) is 11.8 Å². The van der Waals surface area contributed by atoms with E-state index in [1.54, 1.807) is 11.8 Å². The molecule has 0 spiro atoms. The monoisotopic (exact) mass is 303 g/mol. The Balaban J connectivity index is 1.41. The van der Waals surface area contributed by atoms with Gasteiger partial charge in [-0.25, -0.2) is 0 Å². The third kappa shape index (κ3) is 3.82. The number of amides is 1. The van der Waals surface area contributed by atoms with Gasteiger partial charge in [-0.3, -0.25) is 4.79 Å². The van der Waals surface area contributed by atoms with Crippen molar-refractivity contribution in [3.63, 3.8) is 0 Å². The Morgan fingerprint density at radius 2 is 1.95 bits per heavy atom. The second-order valence-corrected chi connectivity index (χ2v) is 7.82. The lowest BCUT2D eigenvalue weighted by Crippen LogP contribution is -2.39. The van der Waals surface area contributed by atoms with Crippen molar-refractivity contribution in [2.45, 2.75) is 51.3 Å². The van der Waals surface area contributed by atoms with E-state index in [0.29, 0.717) is 11.8 Å². The minimum absolute atomic E-state index is 0.224. The van der Waals surface area contributed by atoms with Crippen molar-refractivity contribution in [1.29, 1.82) is 0 Å². The van der Waals surface area contributed by atoms with Gasteiger partial charge in [-0.1, -0.05) is 35.7 Å². The SMILES string of the molecule is Cc1cc(C)cc(CSCC(=O)N[C@@H]2C[C@H]3CC[C@H]2C3)c1. The highest BCUT2D eigenvalue weighted by molar-refractivity contribution is 7.99. The summed E-state index contributed by atoms with van der Waals surface area (Å²) >= 11 is 1.72. The molecule has 3 atom stereocenters. The van der Waals surface area contributed by atoms with Crippen LogP contribution in [-0.4, -0.2) is 17.7 Å². The zero-order chi connectivity index (χ0) is 14.8. The molecule has 0 unspecified atom stereocenters. The van der Waals surface area contributed by atoms with Gasteiger partial charge < -0.3 is 5.32 Å². The van der Waals surface area contributed by atoms with Crippen LogP contribution < -0.4 is 5.32 Å². The number of hydrogen-bond acceptors (Lipinski definition) is 2. The maximum Gasteiger partial charge on any atom is 0.230 e. The van der Waals surface area contributed by atoms with Crippen molar-refractivity contribution in [1.82, 2.24) is 5.32 Å². The number of benzene rings is 1. The molecule has 114 valence electrons. The third-order valence-corrected chi connectivity index (χ3v) is 5.87. The van der Waals surface area contributed by atoms with Gasteiger partial charge in [0.05, 0.1) is 5.75 Å². The molecule has 3 rings (SSSR count). The Hall–Kier alpha value is -0.960. The fraction of sp³-hybridized carbons (Fsp3) is 0.611. The molecule has 0 heterocycles. The van der Waals surface area contributed by atoms with Gasteiger partial charge in [0.25, 0.3) is 0 Å². The van der Waals surface area contributed by atoms with Gasteiger partial charge in [0, 0.05) is 11.8 Å². The summed E-state index contributed by atoms with van der Waals surface area (Å²) in [4.78, 5) is 12.1. The molecule has 1 aromatic carbocycles. The van der Waals surface area contributed by atoms with Crippen LogP contribution in [0, 0.1) is 25.7 Å². The van der Waals surface area contributed by atoms with Gasteiger partial charge in [0.1, 0.15) is 0 Å². The highest BCUT2D eigenvalue weighted by Gasteiger charge is 2.39. The second-order valence-electron chi connectivity index (χ2n) is 6.84. The Bertz CT molecular complexity index is 508. The highest BCUT2D eigenvalue weighted by atomic mass is 32.2. The molecular weight excluding hydrogens is 278 g/mol. The highest BCUT2D eigenvalue weighted by Crippen LogP contribution is 2.44. The van der Waals surface area contributed by atoms with Gasteiger partial charge in [-0.05, 0) is 50.5 Å². The molecule has 0 aliphatic heterocycles.